The monoisotopic (exact) mass is 436 g/mol. The van der Waals surface area contributed by atoms with E-state index >= 15 is 0 Å². The average Bonchev–Trinajstić information content (AvgIpc) is 2.61. The van der Waals surface area contributed by atoms with E-state index in [2.05, 4.69) is 44.0 Å². The first-order valence-electron chi connectivity index (χ1n) is 7.43. The van der Waals surface area contributed by atoms with Crippen molar-refractivity contribution in [2.75, 3.05) is 19.0 Å². The van der Waals surface area contributed by atoms with Crippen LogP contribution in [0.5, 0.6) is 11.5 Å². The highest BCUT2D eigenvalue weighted by molar-refractivity contribution is 9.10. The molecule has 4 N–H and O–H groups in total. The lowest BCUT2D eigenvalue weighted by atomic mass is 10.2. The van der Waals surface area contributed by atoms with Gasteiger partial charge in [0.15, 0.2) is 23.2 Å². The molecule has 0 aliphatic carbocycles. The van der Waals surface area contributed by atoms with Crippen LogP contribution in [0.3, 0.4) is 0 Å². The lowest BCUT2D eigenvalue weighted by molar-refractivity contribution is -0.118. The van der Waals surface area contributed by atoms with Gasteiger partial charge in [0, 0.05) is 5.69 Å². The summed E-state index contributed by atoms with van der Waals surface area (Å²) < 4.78 is 11.5. The van der Waals surface area contributed by atoms with Crippen LogP contribution in [0.2, 0.25) is 0 Å². The zero-order valence-corrected chi connectivity index (χ0v) is 16.3. The number of thiocarbonyl (C=S) groups is 1. The van der Waals surface area contributed by atoms with Crippen molar-refractivity contribution in [1.82, 2.24) is 5.43 Å². The molecule has 136 valence electrons. The second-order valence-corrected chi connectivity index (χ2v) is 6.27. The Bertz CT molecular complexity index is 815. The maximum atomic E-state index is 12.0. The maximum absolute atomic E-state index is 12.0. The highest BCUT2D eigenvalue weighted by Crippen LogP contribution is 2.36. The molecule has 0 radical (unpaired) electrons. The molecule has 0 unspecified atom stereocenters. The molecule has 2 aromatic carbocycles. The minimum atomic E-state index is -0.281. The van der Waals surface area contributed by atoms with Crippen molar-refractivity contribution in [1.29, 1.82) is 0 Å². The van der Waals surface area contributed by atoms with Crippen molar-refractivity contribution in [3.8, 4) is 11.5 Å². The summed E-state index contributed by atoms with van der Waals surface area (Å²) in [5, 5.41) is 6.70. The largest absolute Gasteiger partial charge is 0.493 e. The van der Waals surface area contributed by atoms with Gasteiger partial charge in [0.1, 0.15) is 0 Å². The number of nitrogens with two attached hydrogens (primary N) is 1. The van der Waals surface area contributed by atoms with Crippen LogP contribution in [0.25, 0.3) is 0 Å². The fourth-order valence-corrected chi connectivity index (χ4v) is 2.61. The van der Waals surface area contributed by atoms with E-state index in [1.807, 2.05) is 18.2 Å². The van der Waals surface area contributed by atoms with Crippen LogP contribution >= 0.6 is 28.1 Å². The molecule has 0 aliphatic rings. The van der Waals surface area contributed by atoms with E-state index in [1.54, 1.807) is 24.3 Å². The van der Waals surface area contributed by atoms with E-state index in [1.165, 1.54) is 13.3 Å². The molecular formula is C17H17BrN4O3S. The van der Waals surface area contributed by atoms with E-state index in [-0.39, 0.29) is 17.6 Å². The highest BCUT2D eigenvalue weighted by Gasteiger charge is 2.13. The Morgan fingerprint density at radius 1 is 1.35 bits per heavy atom. The van der Waals surface area contributed by atoms with Gasteiger partial charge in [-0.2, -0.15) is 5.10 Å². The van der Waals surface area contributed by atoms with Crippen LogP contribution in [0.4, 0.5) is 5.69 Å². The number of methoxy groups -OCH3 is 1. The fraction of sp³-hybridized carbons (Fsp3) is 0.118. The van der Waals surface area contributed by atoms with Gasteiger partial charge in [-0.1, -0.05) is 18.2 Å². The molecule has 2 aromatic rings. The topological polar surface area (TPSA) is 98.0 Å². The number of nitrogens with one attached hydrogen (secondary N) is 2. The van der Waals surface area contributed by atoms with Crippen LogP contribution in [-0.4, -0.2) is 31.0 Å². The molecule has 0 fully saturated rings. The molecule has 1 amide bonds. The van der Waals surface area contributed by atoms with Crippen molar-refractivity contribution in [3.05, 3.63) is 52.5 Å². The smallest absolute Gasteiger partial charge is 0.262 e. The van der Waals surface area contributed by atoms with E-state index in [0.29, 0.717) is 21.7 Å². The molecule has 0 bridgehead atoms. The van der Waals surface area contributed by atoms with Gasteiger partial charge in [-0.05, 0) is 58.0 Å². The number of para-hydroxylation sites is 1. The summed E-state index contributed by atoms with van der Waals surface area (Å²) in [7, 11) is 1.51. The fourth-order valence-electron chi connectivity index (χ4n) is 1.98. The van der Waals surface area contributed by atoms with Gasteiger partial charge in [0.05, 0.1) is 17.8 Å². The number of benzene rings is 2. The van der Waals surface area contributed by atoms with Crippen molar-refractivity contribution in [3.63, 3.8) is 0 Å². The van der Waals surface area contributed by atoms with Gasteiger partial charge in [0.25, 0.3) is 5.91 Å². The highest BCUT2D eigenvalue weighted by atomic mass is 79.9. The van der Waals surface area contributed by atoms with Gasteiger partial charge >= 0.3 is 0 Å². The predicted molar refractivity (Wildman–Crippen MR) is 109 cm³/mol. The number of anilines is 1. The molecule has 0 aromatic heterocycles. The van der Waals surface area contributed by atoms with Crippen LogP contribution < -0.4 is 25.9 Å². The molecule has 0 aliphatic heterocycles. The molecule has 0 saturated heterocycles. The molecule has 0 heterocycles. The maximum Gasteiger partial charge on any atom is 0.262 e. The summed E-state index contributed by atoms with van der Waals surface area (Å²) in [4.78, 5) is 12.0. The Balaban J connectivity index is 2.05. The van der Waals surface area contributed by atoms with Gasteiger partial charge < -0.3 is 20.5 Å². The van der Waals surface area contributed by atoms with Crippen molar-refractivity contribution >= 4 is 51.1 Å². The summed E-state index contributed by atoms with van der Waals surface area (Å²) in [5.41, 5.74) is 9.19. The van der Waals surface area contributed by atoms with E-state index in [0.717, 1.165) is 5.56 Å². The summed E-state index contributed by atoms with van der Waals surface area (Å²) in [6.45, 7) is -0.166. The Labute approximate surface area is 164 Å². The van der Waals surface area contributed by atoms with Crippen LogP contribution in [0.1, 0.15) is 5.56 Å². The Kier molecular flexibility index (Phi) is 7.37. The second kappa shape index (κ2) is 9.73. The third kappa shape index (κ3) is 6.01. The number of hydrogen-bond acceptors (Lipinski definition) is 5. The third-order valence-electron chi connectivity index (χ3n) is 3.05. The molecule has 0 atom stereocenters. The quantitative estimate of drug-likeness (QED) is 0.350. The average molecular weight is 437 g/mol. The number of carbonyl (C=O) groups is 1. The summed E-state index contributed by atoms with van der Waals surface area (Å²) >= 11 is 8.08. The molecule has 9 heteroatoms. The minimum absolute atomic E-state index is 0.0664. The molecule has 2 rings (SSSR count). The van der Waals surface area contributed by atoms with Gasteiger partial charge in [0.2, 0.25) is 0 Å². The van der Waals surface area contributed by atoms with Gasteiger partial charge in [-0.25, -0.2) is 0 Å². The Hall–Kier alpha value is -2.65. The van der Waals surface area contributed by atoms with Gasteiger partial charge in [-0.15, -0.1) is 0 Å². The van der Waals surface area contributed by atoms with Crippen LogP contribution in [-0.2, 0) is 4.79 Å². The number of hydrazone groups is 1. The zero-order chi connectivity index (χ0) is 18.9. The Morgan fingerprint density at radius 2 is 2.08 bits per heavy atom. The normalized spacial score (nSPS) is 10.4. The van der Waals surface area contributed by atoms with Gasteiger partial charge in [-0.3, -0.25) is 10.2 Å². The van der Waals surface area contributed by atoms with Crippen molar-refractivity contribution in [2.45, 2.75) is 0 Å². The summed E-state index contributed by atoms with van der Waals surface area (Å²) in [6.07, 6.45) is 1.53. The lowest BCUT2D eigenvalue weighted by Gasteiger charge is -2.13. The number of halogens is 1. The molecule has 7 nitrogen and oxygen atoms in total. The predicted octanol–water partition coefficient (Wildman–Crippen LogP) is 2.64. The lowest BCUT2D eigenvalue weighted by Crippen LogP contribution is -2.24. The summed E-state index contributed by atoms with van der Waals surface area (Å²) in [6, 6.07) is 12.6. The number of carbonyl (C=O) groups excluding carboxylic acids is 1. The standard InChI is InChI=1S/C17H17BrN4O3S/c1-24-14-8-11(9-20-22-17(19)26)7-13(18)16(14)25-10-15(23)21-12-5-3-2-4-6-12/h2-9H,10H2,1H3,(H,21,23)(H3,19,22,26). The minimum Gasteiger partial charge on any atom is -0.493 e. The first-order chi connectivity index (χ1) is 12.5. The molecular weight excluding hydrogens is 420 g/mol. The van der Waals surface area contributed by atoms with E-state index in [9.17, 15) is 4.79 Å². The van der Waals surface area contributed by atoms with E-state index in [4.69, 9.17) is 15.2 Å². The number of rotatable bonds is 7. The molecule has 0 spiro atoms. The van der Waals surface area contributed by atoms with Crippen LogP contribution in [0, 0.1) is 0 Å². The SMILES string of the molecule is COc1cc(C=NNC(N)=S)cc(Br)c1OCC(=O)Nc1ccccc1. The second-order valence-electron chi connectivity index (χ2n) is 4.97. The number of amides is 1. The number of ether oxygens (including phenoxy) is 2. The van der Waals surface area contributed by atoms with E-state index < -0.39 is 0 Å². The van der Waals surface area contributed by atoms with Crippen molar-refractivity contribution in [2.24, 2.45) is 10.8 Å². The summed E-state index contributed by atoms with van der Waals surface area (Å²) in [5.74, 6) is 0.579. The Morgan fingerprint density at radius 3 is 2.73 bits per heavy atom. The molecule has 26 heavy (non-hydrogen) atoms. The number of nitrogens with zero attached hydrogens (tertiary/aromatic N) is 1. The first-order valence-corrected chi connectivity index (χ1v) is 8.63. The van der Waals surface area contributed by atoms with Crippen molar-refractivity contribution < 1.29 is 14.3 Å². The number of hydrogen-bond donors (Lipinski definition) is 3. The zero-order valence-electron chi connectivity index (χ0n) is 13.9. The third-order valence-corrected chi connectivity index (χ3v) is 3.73. The first kappa shape index (κ1) is 19.7. The van der Waals surface area contributed by atoms with Crippen LogP contribution in [0.15, 0.2) is 52.0 Å². The molecule has 0 saturated carbocycles.